The second kappa shape index (κ2) is 7.53. The van der Waals surface area contributed by atoms with Gasteiger partial charge in [0.2, 0.25) is 5.91 Å². The minimum Gasteiger partial charge on any atom is -0.497 e. The largest absolute Gasteiger partial charge is 0.497 e. The van der Waals surface area contributed by atoms with E-state index in [1.807, 2.05) is 36.1 Å². The molecule has 0 saturated carbocycles. The van der Waals surface area contributed by atoms with E-state index in [-0.39, 0.29) is 5.91 Å². The second-order valence-corrected chi connectivity index (χ2v) is 7.80. The number of carbonyl (C=O) groups is 1. The molecule has 3 aromatic rings. The van der Waals surface area contributed by atoms with Gasteiger partial charge >= 0.3 is 0 Å². The van der Waals surface area contributed by atoms with E-state index in [9.17, 15) is 4.79 Å². The summed E-state index contributed by atoms with van der Waals surface area (Å²) in [4.78, 5) is 19.3. The molecule has 27 heavy (non-hydrogen) atoms. The lowest BCUT2D eigenvalue weighted by Crippen LogP contribution is -2.29. The highest BCUT2D eigenvalue weighted by Crippen LogP contribution is 2.33. The summed E-state index contributed by atoms with van der Waals surface area (Å²) in [5, 5.41) is 3.16. The molecule has 0 N–H and O–H groups in total. The molecule has 0 unspecified atom stereocenters. The van der Waals surface area contributed by atoms with Gasteiger partial charge in [-0.05, 0) is 55.2 Å². The minimum atomic E-state index is 0.175. The number of nitrogens with zero attached hydrogens (tertiary/aromatic N) is 2. The number of hydrogen-bond donors (Lipinski definition) is 0. The van der Waals surface area contributed by atoms with Gasteiger partial charge in [-0.2, -0.15) is 0 Å². The quantitative estimate of drug-likeness (QED) is 0.649. The van der Waals surface area contributed by atoms with Gasteiger partial charge in [0.05, 0.1) is 17.8 Å². The maximum atomic E-state index is 12.8. The molecule has 0 aliphatic carbocycles. The third-order valence-corrected chi connectivity index (χ3v) is 5.73. The Morgan fingerprint density at radius 3 is 2.93 bits per heavy atom. The van der Waals surface area contributed by atoms with Crippen LogP contribution in [-0.2, 0) is 17.6 Å². The Hall–Kier alpha value is -2.66. The number of methoxy groups -OCH3 is 1. The summed E-state index contributed by atoms with van der Waals surface area (Å²) in [6.07, 6.45) is 2.12. The number of amides is 1. The zero-order chi connectivity index (χ0) is 18.8. The first kappa shape index (κ1) is 17.7. The molecule has 138 valence electrons. The van der Waals surface area contributed by atoms with E-state index in [0.717, 1.165) is 52.7 Å². The van der Waals surface area contributed by atoms with Crippen molar-refractivity contribution in [1.82, 2.24) is 4.98 Å². The summed E-state index contributed by atoms with van der Waals surface area (Å²) in [5.74, 6) is 1.00. The fraction of sp³-hybridized carbons (Fsp3) is 0.273. The normalized spacial score (nSPS) is 12.9. The van der Waals surface area contributed by atoms with Crippen LogP contribution in [-0.4, -0.2) is 24.5 Å². The van der Waals surface area contributed by atoms with Crippen LogP contribution in [0.15, 0.2) is 47.8 Å². The third kappa shape index (κ3) is 3.74. The van der Waals surface area contributed by atoms with Crippen LogP contribution < -0.4 is 9.64 Å². The molecule has 0 spiro atoms. The minimum absolute atomic E-state index is 0.175. The van der Waals surface area contributed by atoms with Gasteiger partial charge in [-0.25, -0.2) is 4.98 Å². The Kier molecular flexibility index (Phi) is 4.94. The number of ether oxygens (including phenoxy) is 1. The number of thiazole rings is 1. The van der Waals surface area contributed by atoms with Crippen molar-refractivity contribution in [2.75, 3.05) is 18.6 Å². The molecule has 1 amide bonds. The highest BCUT2D eigenvalue weighted by molar-refractivity contribution is 7.09. The Balaban J connectivity index is 1.46. The lowest BCUT2D eigenvalue weighted by atomic mass is 10.1. The van der Waals surface area contributed by atoms with E-state index in [1.165, 1.54) is 5.56 Å². The van der Waals surface area contributed by atoms with Gasteiger partial charge in [0, 0.05) is 29.6 Å². The molecule has 1 aliphatic heterocycles. The first-order chi connectivity index (χ1) is 13.1. The number of carbonyl (C=O) groups excluding carboxylic acids is 1. The Morgan fingerprint density at radius 1 is 1.26 bits per heavy atom. The van der Waals surface area contributed by atoms with Crippen LogP contribution in [0.4, 0.5) is 5.69 Å². The van der Waals surface area contributed by atoms with E-state index in [0.29, 0.717) is 6.42 Å². The first-order valence-corrected chi connectivity index (χ1v) is 10.0. The van der Waals surface area contributed by atoms with Crippen molar-refractivity contribution in [2.24, 2.45) is 0 Å². The summed E-state index contributed by atoms with van der Waals surface area (Å²) >= 11 is 1.66. The van der Waals surface area contributed by atoms with Crippen LogP contribution in [0.1, 0.15) is 22.6 Å². The van der Waals surface area contributed by atoms with E-state index in [2.05, 4.69) is 28.6 Å². The summed E-state index contributed by atoms with van der Waals surface area (Å²) in [6.45, 7) is 2.77. The lowest BCUT2D eigenvalue weighted by molar-refractivity contribution is -0.118. The van der Waals surface area contributed by atoms with E-state index >= 15 is 0 Å². The molecule has 0 saturated heterocycles. The van der Waals surface area contributed by atoms with Gasteiger partial charge in [0.15, 0.2) is 0 Å². The highest BCUT2D eigenvalue weighted by Gasteiger charge is 2.24. The molecule has 1 aromatic heterocycles. The summed E-state index contributed by atoms with van der Waals surface area (Å²) < 4.78 is 5.26. The van der Waals surface area contributed by atoms with Gasteiger partial charge in [-0.3, -0.25) is 4.79 Å². The number of benzene rings is 2. The van der Waals surface area contributed by atoms with Crippen molar-refractivity contribution in [2.45, 2.75) is 26.2 Å². The molecule has 0 atom stereocenters. The van der Waals surface area contributed by atoms with E-state index in [1.54, 1.807) is 18.4 Å². The summed E-state index contributed by atoms with van der Waals surface area (Å²) in [6, 6.07) is 14.2. The number of rotatable bonds is 5. The van der Waals surface area contributed by atoms with Crippen LogP contribution in [0.3, 0.4) is 0 Å². The fourth-order valence-corrected chi connectivity index (χ4v) is 4.15. The molecule has 4 rings (SSSR count). The summed E-state index contributed by atoms with van der Waals surface area (Å²) in [7, 11) is 1.66. The first-order valence-electron chi connectivity index (χ1n) is 9.13. The Bertz CT molecular complexity index is 980. The maximum Gasteiger partial charge on any atom is 0.227 e. The van der Waals surface area contributed by atoms with Crippen LogP contribution in [0.25, 0.3) is 11.3 Å². The monoisotopic (exact) mass is 378 g/mol. The van der Waals surface area contributed by atoms with Crippen molar-refractivity contribution in [1.29, 1.82) is 0 Å². The number of aryl methyl sites for hydroxylation is 2. The number of fused-ring (bicyclic) bond motifs is 1. The number of aromatic nitrogens is 1. The molecular weight excluding hydrogens is 356 g/mol. The van der Waals surface area contributed by atoms with Gasteiger partial charge < -0.3 is 9.64 Å². The SMILES string of the molecule is COc1cccc(CCC(=O)N2CCc3cc(-c4csc(C)n4)ccc32)c1. The molecule has 5 heteroatoms. The topological polar surface area (TPSA) is 42.4 Å². The molecule has 0 fully saturated rings. The predicted molar refractivity (Wildman–Crippen MR) is 110 cm³/mol. The fourth-order valence-electron chi connectivity index (χ4n) is 3.53. The van der Waals surface area contributed by atoms with Crippen LogP contribution in [0.5, 0.6) is 5.75 Å². The Morgan fingerprint density at radius 2 is 2.15 bits per heavy atom. The van der Waals surface area contributed by atoms with Crippen molar-refractivity contribution >= 4 is 22.9 Å². The number of anilines is 1. The van der Waals surface area contributed by atoms with Crippen molar-refractivity contribution in [3.63, 3.8) is 0 Å². The molecule has 1 aliphatic rings. The molecule has 2 heterocycles. The zero-order valence-corrected chi connectivity index (χ0v) is 16.4. The van der Waals surface area contributed by atoms with E-state index in [4.69, 9.17) is 4.74 Å². The lowest BCUT2D eigenvalue weighted by Gasteiger charge is -2.17. The van der Waals surface area contributed by atoms with Gasteiger partial charge in [-0.15, -0.1) is 11.3 Å². The average Bonchev–Trinajstić information content (AvgIpc) is 3.32. The van der Waals surface area contributed by atoms with Crippen LogP contribution in [0.2, 0.25) is 0 Å². The van der Waals surface area contributed by atoms with Gasteiger partial charge in [0.25, 0.3) is 0 Å². The van der Waals surface area contributed by atoms with Crippen LogP contribution >= 0.6 is 11.3 Å². The number of hydrogen-bond acceptors (Lipinski definition) is 4. The van der Waals surface area contributed by atoms with Crippen molar-refractivity contribution < 1.29 is 9.53 Å². The predicted octanol–water partition coefficient (Wildman–Crippen LogP) is 4.65. The summed E-state index contributed by atoms with van der Waals surface area (Å²) in [5.41, 5.74) is 5.54. The maximum absolute atomic E-state index is 12.8. The molecule has 4 nitrogen and oxygen atoms in total. The van der Waals surface area contributed by atoms with Gasteiger partial charge in [0.1, 0.15) is 5.75 Å². The standard InChI is InChI=1S/C22H22N2O2S/c1-15-23-20(14-27-15)17-7-8-21-18(13-17)10-11-24(21)22(25)9-6-16-4-3-5-19(12-16)26-2/h3-5,7-8,12-14H,6,9-11H2,1-2H3. The third-order valence-electron chi connectivity index (χ3n) is 4.95. The second-order valence-electron chi connectivity index (χ2n) is 6.74. The molecule has 2 aromatic carbocycles. The molecular formula is C22H22N2O2S. The van der Waals surface area contributed by atoms with Gasteiger partial charge in [-0.1, -0.05) is 18.2 Å². The van der Waals surface area contributed by atoms with Crippen molar-refractivity contribution in [3.05, 3.63) is 64.0 Å². The Labute approximate surface area is 163 Å². The van der Waals surface area contributed by atoms with Crippen LogP contribution in [0, 0.1) is 6.92 Å². The van der Waals surface area contributed by atoms with Crippen molar-refractivity contribution in [3.8, 4) is 17.0 Å². The smallest absolute Gasteiger partial charge is 0.227 e. The van der Waals surface area contributed by atoms with E-state index < -0.39 is 0 Å². The molecule has 0 bridgehead atoms. The zero-order valence-electron chi connectivity index (χ0n) is 15.6. The molecule has 0 radical (unpaired) electrons. The highest BCUT2D eigenvalue weighted by atomic mass is 32.1. The average molecular weight is 378 g/mol.